The summed E-state index contributed by atoms with van der Waals surface area (Å²) in [6.07, 6.45) is 0. The van der Waals surface area contributed by atoms with Crippen molar-refractivity contribution < 1.29 is 19.1 Å². The number of hydrogen-bond donors (Lipinski definition) is 1. The third kappa shape index (κ3) is 4.44. The Kier molecular flexibility index (Phi) is 7.00. The van der Waals surface area contributed by atoms with Gasteiger partial charge in [-0.1, -0.05) is 48.5 Å². The summed E-state index contributed by atoms with van der Waals surface area (Å²) >= 11 is 1.67. The summed E-state index contributed by atoms with van der Waals surface area (Å²) in [5.74, 6) is -0.746. The van der Waals surface area contributed by atoms with E-state index in [0.29, 0.717) is 22.5 Å². The van der Waals surface area contributed by atoms with Crippen LogP contribution in [0, 0.1) is 0 Å². The highest BCUT2D eigenvalue weighted by Crippen LogP contribution is 2.43. The standard InChI is InChI=1S/C24H25NO4S/c1-15-20(23(26)28-3)22(21(16(2)25-15)24(27)29-4)18-12-8-9-13-19(18)30-14-17-10-6-5-7-11-17/h5-13,22,25H,14H2,1-4H3. The fourth-order valence-corrected chi connectivity index (χ4v) is 4.69. The lowest BCUT2D eigenvalue weighted by atomic mass is 9.80. The van der Waals surface area contributed by atoms with Gasteiger partial charge in [0.05, 0.1) is 31.3 Å². The summed E-state index contributed by atoms with van der Waals surface area (Å²) in [5.41, 5.74) is 4.23. The fourth-order valence-electron chi connectivity index (χ4n) is 3.65. The minimum absolute atomic E-state index is 0.413. The highest BCUT2D eigenvalue weighted by atomic mass is 32.2. The lowest BCUT2D eigenvalue weighted by Gasteiger charge is -2.31. The van der Waals surface area contributed by atoms with Gasteiger partial charge in [-0.3, -0.25) is 0 Å². The van der Waals surface area contributed by atoms with E-state index in [2.05, 4.69) is 17.4 Å². The molecule has 0 aliphatic carbocycles. The van der Waals surface area contributed by atoms with E-state index in [9.17, 15) is 9.59 Å². The van der Waals surface area contributed by atoms with E-state index in [1.54, 1.807) is 11.8 Å². The molecule has 1 aliphatic rings. The van der Waals surface area contributed by atoms with Crippen molar-refractivity contribution in [1.82, 2.24) is 5.32 Å². The Labute approximate surface area is 181 Å². The van der Waals surface area contributed by atoms with Crippen LogP contribution in [0.4, 0.5) is 0 Å². The molecule has 2 aromatic carbocycles. The van der Waals surface area contributed by atoms with E-state index < -0.39 is 17.9 Å². The number of carbonyl (C=O) groups is 2. The van der Waals surface area contributed by atoms with Crippen molar-refractivity contribution in [1.29, 1.82) is 0 Å². The lowest BCUT2D eigenvalue weighted by Crippen LogP contribution is -2.32. The van der Waals surface area contributed by atoms with Crippen LogP contribution in [0.5, 0.6) is 0 Å². The van der Waals surface area contributed by atoms with Gasteiger partial charge < -0.3 is 14.8 Å². The molecule has 0 aromatic heterocycles. The van der Waals surface area contributed by atoms with Gasteiger partial charge in [-0.2, -0.15) is 0 Å². The SMILES string of the molecule is COC(=O)C1=C(C)NC(C)=C(C(=O)OC)C1c1ccccc1SCc1ccccc1. The first-order chi connectivity index (χ1) is 14.5. The van der Waals surface area contributed by atoms with Crippen LogP contribution in [0.15, 0.2) is 82.0 Å². The maximum Gasteiger partial charge on any atom is 0.336 e. The van der Waals surface area contributed by atoms with Crippen molar-refractivity contribution in [2.45, 2.75) is 30.4 Å². The van der Waals surface area contributed by atoms with Gasteiger partial charge in [-0.15, -0.1) is 11.8 Å². The van der Waals surface area contributed by atoms with E-state index in [1.165, 1.54) is 19.8 Å². The summed E-state index contributed by atoms with van der Waals surface area (Å²) in [5, 5.41) is 3.14. The molecule has 30 heavy (non-hydrogen) atoms. The van der Waals surface area contributed by atoms with Crippen LogP contribution in [0.1, 0.15) is 30.9 Å². The molecule has 3 rings (SSSR count). The van der Waals surface area contributed by atoms with Crippen molar-refractivity contribution >= 4 is 23.7 Å². The second-order valence-electron chi connectivity index (χ2n) is 6.93. The molecular weight excluding hydrogens is 398 g/mol. The molecule has 156 valence electrons. The third-order valence-corrected chi connectivity index (χ3v) is 6.20. The molecule has 0 bridgehead atoms. The quantitative estimate of drug-likeness (QED) is 0.543. The molecule has 0 saturated carbocycles. The van der Waals surface area contributed by atoms with Gasteiger partial charge in [0.15, 0.2) is 0 Å². The Morgan fingerprint density at radius 3 is 1.97 bits per heavy atom. The molecule has 1 aliphatic heterocycles. The molecule has 0 spiro atoms. The Balaban J connectivity index is 2.10. The van der Waals surface area contributed by atoms with E-state index in [1.807, 2.05) is 56.3 Å². The molecule has 0 unspecified atom stereocenters. The van der Waals surface area contributed by atoms with E-state index >= 15 is 0 Å². The molecule has 6 heteroatoms. The molecule has 5 nitrogen and oxygen atoms in total. The molecule has 0 fully saturated rings. The first-order valence-corrected chi connectivity index (χ1v) is 10.6. The second kappa shape index (κ2) is 9.67. The average molecular weight is 424 g/mol. The van der Waals surface area contributed by atoms with Crippen LogP contribution in [-0.2, 0) is 24.8 Å². The molecule has 1 heterocycles. The first kappa shape index (κ1) is 21.7. The Morgan fingerprint density at radius 1 is 0.867 bits per heavy atom. The van der Waals surface area contributed by atoms with Gasteiger partial charge in [-0.05, 0) is 31.0 Å². The predicted octanol–water partition coefficient (Wildman–Crippen LogP) is 4.56. The van der Waals surface area contributed by atoms with Gasteiger partial charge in [0, 0.05) is 22.0 Å². The molecule has 0 radical (unpaired) electrons. The summed E-state index contributed by atoms with van der Waals surface area (Å²) < 4.78 is 10.1. The molecule has 1 N–H and O–H groups in total. The minimum atomic E-state index is -0.578. The van der Waals surface area contributed by atoms with Crippen molar-refractivity contribution in [3.63, 3.8) is 0 Å². The van der Waals surface area contributed by atoms with Crippen molar-refractivity contribution in [3.05, 3.63) is 88.3 Å². The lowest BCUT2D eigenvalue weighted by molar-refractivity contribution is -0.137. The number of thioether (sulfide) groups is 1. The number of hydrogen-bond acceptors (Lipinski definition) is 6. The number of benzene rings is 2. The van der Waals surface area contributed by atoms with Crippen LogP contribution in [0.25, 0.3) is 0 Å². The van der Waals surface area contributed by atoms with E-state index in [0.717, 1.165) is 16.2 Å². The monoisotopic (exact) mass is 423 g/mol. The maximum atomic E-state index is 12.7. The molecule has 0 saturated heterocycles. The smallest absolute Gasteiger partial charge is 0.336 e. The first-order valence-electron chi connectivity index (χ1n) is 9.58. The highest BCUT2D eigenvalue weighted by molar-refractivity contribution is 7.98. The Hall–Kier alpha value is -2.99. The number of dihydropyridines is 1. The van der Waals surface area contributed by atoms with Crippen LogP contribution in [0.3, 0.4) is 0 Å². The number of ether oxygens (including phenoxy) is 2. The zero-order chi connectivity index (χ0) is 21.7. The summed E-state index contributed by atoms with van der Waals surface area (Å²) in [6, 6.07) is 18.0. The zero-order valence-electron chi connectivity index (χ0n) is 17.5. The molecular formula is C24H25NO4S. The topological polar surface area (TPSA) is 64.6 Å². The Morgan fingerprint density at radius 2 is 1.40 bits per heavy atom. The third-order valence-electron chi connectivity index (χ3n) is 5.04. The Bertz CT molecular complexity index is 973. The number of esters is 2. The van der Waals surface area contributed by atoms with Crippen molar-refractivity contribution in [2.75, 3.05) is 14.2 Å². The number of rotatable bonds is 6. The maximum absolute atomic E-state index is 12.7. The van der Waals surface area contributed by atoms with Crippen LogP contribution in [-0.4, -0.2) is 26.2 Å². The second-order valence-corrected chi connectivity index (χ2v) is 7.95. The average Bonchev–Trinajstić information content (AvgIpc) is 2.77. The van der Waals surface area contributed by atoms with Crippen molar-refractivity contribution in [2.24, 2.45) is 0 Å². The number of nitrogens with one attached hydrogen (secondary N) is 1. The van der Waals surface area contributed by atoms with Gasteiger partial charge in [0.2, 0.25) is 0 Å². The summed E-state index contributed by atoms with van der Waals surface area (Å²) in [6.45, 7) is 3.63. The van der Waals surface area contributed by atoms with Crippen LogP contribution < -0.4 is 5.32 Å². The van der Waals surface area contributed by atoms with Gasteiger partial charge >= 0.3 is 11.9 Å². The van der Waals surface area contributed by atoms with Crippen LogP contribution in [0.2, 0.25) is 0 Å². The summed E-state index contributed by atoms with van der Waals surface area (Å²) in [7, 11) is 2.69. The number of carbonyl (C=O) groups excluding carboxylic acids is 2. The fraction of sp³-hybridized carbons (Fsp3) is 0.250. The molecule has 0 amide bonds. The zero-order valence-corrected chi connectivity index (χ0v) is 18.3. The summed E-state index contributed by atoms with van der Waals surface area (Å²) in [4.78, 5) is 26.4. The number of allylic oxidation sites excluding steroid dienone is 2. The van der Waals surface area contributed by atoms with Crippen LogP contribution >= 0.6 is 11.8 Å². The largest absolute Gasteiger partial charge is 0.466 e. The van der Waals surface area contributed by atoms with Gasteiger partial charge in [0.1, 0.15) is 0 Å². The molecule has 0 atom stereocenters. The van der Waals surface area contributed by atoms with Gasteiger partial charge in [0.25, 0.3) is 0 Å². The van der Waals surface area contributed by atoms with Gasteiger partial charge in [-0.25, -0.2) is 9.59 Å². The normalized spacial score (nSPS) is 14.4. The number of methoxy groups -OCH3 is 2. The van der Waals surface area contributed by atoms with E-state index in [4.69, 9.17) is 9.47 Å². The highest BCUT2D eigenvalue weighted by Gasteiger charge is 2.38. The predicted molar refractivity (Wildman–Crippen MR) is 118 cm³/mol. The van der Waals surface area contributed by atoms with E-state index in [-0.39, 0.29) is 0 Å². The molecule has 2 aromatic rings. The van der Waals surface area contributed by atoms with Crippen molar-refractivity contribution in [3.8, 4) is 0 Å². The minimum Gasteiger partial charge on any atom is -0.466 e.